The summed E-state index contributed by atoms with van der Waals surface area (Å²) in [6.45, 7) is 0.976. The van der Waals surface area contributed by atoms with Gasteiger partial charge in [0.1, 0.15) is 11.9 Å². The minimum absolute atomic E-state index is 0.301. The Morgan fingerprint density at radius 3 is 2.36 bits per heavy atom. The fraction of sp³-hybridized carbons (Fsp3) is 0.208. The molecule has 0 bridgehead atoms. The molecule has 0 spiro atoms. The van der Waals surface area contributed by atoms with E-state index in [2.05, 4.69) is 20.4 Å². The number of alkyl halides is 3. The van der Waals surface area contributed by atoms with Gasteiger partial charge in [0.2, 0.25) is 0 Å². The third-order valence-corrected chi connectivity index (χ3v) is 5.84. The van der Waals surface area contributed by atoms with Crippen molar-refractivity contribution in [2.45, 2.75) is 25.2 Å². The van der Waals surface area contributed by atoms with Crippen LogP contribution in [0.5, 0.6) is 0 Å². The Bertz CT molecular complexity index is 1250. The molecule has 2 heterocycles. The molecule has 1 aromatic heterocycles. The van der Waals surface area contributed by atoms with Gasteiger partial charge in [0, 0.05) is 12.2 Å². The number of fused-ring (bicyclic) bond motifs is 1. The average Bonchev–Trinajstić information content (AvgIpc) is 3.43. The number of halogens is 4. The molecule has 5 nitrogen and oxygen atoms in total. The van der Waals surface area contributed by atoms with E-state index in [4.69, 9.17) is 0 Å². The number of aromatic nitrogens is 4. The Morgan fingerprint density at radius 1 is 0.909 bits per heavy atom. The van der Waals surface area contributed by atoms with Crippen molar-refractivity contribution in [3.63, 3.8) is 0 Å². The van der Waals surface area contributed by atoms with Crippen molar-refractivity contribution in [1.82, 2.24) is 20.2 Å². The molecule has 5 rings (SSSR count). The molecular weight excluding hydrogens is 434 g/mol. The maximum atomic E-state index is 13.3. The summed E-state index contributed by atoms with van der Waals surface area (Å²) in [6.07, 6.45) is -3.61. The van der Waals surface area contributed by atoms with Crippen LogP contribution in [0.15, 0.2) is 72.8 Å². The molecule has 0 saturated heterocycles. The molecule has 1 aliphatic rings. The Morgan fingerprint density at radius 2 is 1.64 bits per heavy atom. The van der Waals surface area contributed by atoms with Crippen molar-refractivity contribution in [2.75, 3.05) is 11.4 Å². The molecule has 0 aliphatic carbocycles. The number of benzene rings is 3. The van der Waals surface area contributed by atoms with Gasteiger partial charge in [-0.2, -0.15) is 13.2 Å². The largest absolute Gasteiger partial charge is 0.416 e. The van der Waals surface area contributed by atoms with Crippen molar-refractivity contribution < 1.29 is 17.6 Å². The maximum absolute atomic E-state index is 13.3. The van der Waals surface area contributed by atoms with Crippen LogP contribution >= 0.6 is 0 Å². The molecule has 168 valence electrons. The topological polar surface area (TPSA) is 46.8 Å². The van der Waals surface area contributed by atoms with Crippen LogP contribution in [-0.4, -0.2) is 26.8 Å². The smallest absolute Gasteiger partial charge is 0.357 e. The summed E-state index contributed by atoms with van der Waals surface area (Å²) in [6, 6.07) is 18.6. The Kier molecular flexibility index (Phi) is 5.32. The van der Waals surface area contributed by atoms with Gasteiger partial charge in [0.15, 0.2) is 5.82 Å². The van der Waals surface area contributed by atoms with E-state index in [0.717, 1.165) is 35.4 Å². The third-order valence-electron chi connectivity index (χ3n) is 5.84. The summed E-state index contributed by atoms with van der Waals surface area (Å²) in [5, 5.41) is 12.2. The molecule has 0 amide bonds. The van der Waals surface area contributed by atoms with Crippen molar-refractivity contribution >= 4 is 5.69 Å². The number of hydrogen-bond acceptors (Lipinski definition) is 4. The zero-order valence-electron chi connectivity index (χ0n) is 17.4. The number of anilines is 1. The Labute approximate surface area is 187 Å². The summed E-state index contributed by atoms with van der Waals surface area (Å²) in [5.41, 5.74) is 2.90. The predicted molar refractivity (Wildman–Crippen MR) is 114 cm³/mol. The van der Waals surface area contributed by atoms with Crippen LogP contribution in [0.1, 0.15) is 34.1 Å². The zero-order valence-corrected chi connectivity index (χ0v) is 17.4. The monoisotopic (exact) mass is 453 g/mol. The van der Waals surface area contributed by atoms with Gasteiger partial charge in [-0.15, -0.1) is 5.10 Å². The first kappa shape index (κ1) is 21.1. The predicted octanol–water partition coefficient (Wildman–Crippen LogP) is 5.03. The van der Waals surface area contributed by atoms with Crippen LogP contribution in [0.25, 0.3) is 0 Å². The van der Waals surface area contributed by atoms with Crippen molar-refractivity contribution in [2.24, 2.45) is 0 Å². The van der Waals surface area contributed by atoms with E-state index in [1.54, 1.807) is 16.8 Å². The number of rotatable bonds is 5. The highest BCUT2D eigenvalue weighted by Crippen LogP contribution is 2.39. The molecule has 1 atom stereocenters. The summed E-state index contributed by atoms with van der Waals surface area (Å²) >= 11 is 0. The van der Waals surface area contributed by atoms with E-state index < -0.39 is 17.8 Å². The molecule has 0 unspecified atom stereocenters. The van der Waals surface area contributed by atoms with E-state index in [0.29, 0.717) is 24.5 Å². The fourth-order valence-corrected chi connectivity index (χ4v) is 4.24. The molecule has 1 aliphatic heterocycles. The molecule has 0 radical (unpaired) electrons. The van der Waals surface area contributed by atoms with Gasteiger partial charge >= 0.3 is 6.18 Å². The van der Waals surface area contributed by atoms with Crippen molar-refractivity contribution in [3.8, 4) is 0 Å². The lowest BCUT2D eigenvalue weighted by Gasteiger charge is -2.30. The molecule has 0 N–H and O–H groups in total. The van der Waals surface area contributed by atoms with Crippen LogP contribution in [0.2, 0.25) is 0 Å². The van der Waals surface area contributed by atoms with Crippen LogP contribution in [0.4, 0.5) is 23.2 Å². The second-order valence-electron chi connectivity index (χ2n) is 7.92. The normalized spacial score (nSPS) is 14.4. The van der Waals surface area contributed by atoms with Crippen LogP contribution in [-0.2, 0) is 19.1 Å². The van der Waals surface area contributed by atoms with E-state index in [-0.39, 0.29) is 5.82 Å². The SMILES string of the molecule is Fc1ccc(Cn2nnnc2[C@H](c2ccc(C(F)(F)F)cc2)N2CCc3ccccc32)cc1. The number of hydrogen-bond donors (Lipinski definition) is 0. The Hall–Kier alpha value is -3.75. The average molecular weight is 453 g/mol. The first-order chi connectivity index (χ1) is 15.9. The van der Waals surface area contributed by atoms with E-state index in [1.165, 1.54) is 24.3 Å². The number of nitrogens with zero attached hydrogens (tertiary/aromatic N) is 5. The molecule has 0 fully saturated rings. The number of tetrazole rings is 1. The minimum Gasteiger partial charge on any atom is -0.357 e. The lowest BCUT2D eigenvalue weighted by atomic mass is 10.0. The fourth-order valence-electron chi connectivity index (χ4n) is 4.24. The first-order valence-electron chi connectivity index (χ1n) is 10.4. The van der Waals surface area contributed by atoms with Gasteiger partial charge in [-0.05, 0) is 63.9 Å². The van der Waals surface area contributed by atoms with Crippen LogP contribution in [0, 0.1) is 5.82 Å². The second kappa shape index (κ2) is 8.31. The standard InChI is InChI=1S/C24H19F4N5/c25-20-11-5-16(6-12-20)15-33-23(29-30-31-33)22(18-7-9-19(10-8-18)24(26,27)28)32-14-13-17-3-1-2-4-21(17)32/h1-12,22H,13-15H2/t22-/m0/s1. The molecule has 3 aromatic carbocycles. The maximum Gasteiger partial charge on any atom is 0.416 e. The summed E-state index contributed by atoms with van der Waals surface area (Å²) < 4.78 is 54.4. The van der Waals surface area contributed by atoms with Gasteiger partial charge in [-0.1, -0.05) is 42.5 Å². The lowest BCUT2D eigenvalue weighted by Crippen LogP contribution is -2.30. The molecular formula is C24H19F4N5. The van der Waals surface area contributed by atoms with Gasteiger partial charge < -0.3 is 4.90 Å². The van der Waals surface area contributed by atoms with Crippen molar-refractivity contribution in [1.29, 1.82) is 0 Å². The summed E-state index contributed by atoms with van der Waals surface area (Å²) in [4.78, 5) is 2.12. The summed E-state index contributed by atoms with van der Waals surface area (Å²) in [7, 11) is 0. The van der Waals surface area contributed by atoms with E-state index in [1.807, 2.05) is 24.3 Å². The highest BCUT2D eigenvalue weighted by atomic mass is 19.4. The molecule has 0 saturated carbocycles. The quantitative estimate of drug-likeness (QED) is 0.398. The third kappa shape index (κ3) is 4.18. The highest BCUT2D eigenvalue weighted by molar-refractivity contribution is 5.60. The molecule has 4 aromatic rings. The lowest BCUT2D eigenvalue weighted by molar-refractivity contribution is -0.137. The zero-order chi connectivity index (χ0) is 23.0. The highest BCUT2D eigenvalue weighted by Gasteiger charge is 2.34. The van der Waals surface area contributed by atoms with Gasteiger partial charge in [-0.25, -0.2) is 9.07 Å². The second-order valence-corrected chi connectivity index (χ2v) is 7.92. The van der Waals surface area contributed by atoms with E-state index in [9.17, 15) is 17.6 Å². The molecule has 33 heavy (non-hydrogen) atoms. The van der Waals surface area contributed by atoms with Gasteiger partial charge in [0.05, 0.1) is 12.1 Å². The van der Waals surface area contributed by atoms with Crippen molar-refractivity contribution in [3.05, 3.63) is 107 Å². The van der Waals surface area contributed by atoms with Gasteiger partial charge in [0.25, 0.3) is 0 Å². The van der Waals surface area contributed by atoms with Gasteiger partial charge in [-0.3, -0.25) is 0 Å². The Balaban J connectivity index is 1.57. The molecule has 9 heteroatoms. The number of para-hydroxylation sites is 1. The minimum atomic E-state index is -4.42. The first-order valence-corrected chi connectivity index (χ1v) is 10.4. The summed E-state index contributed by atoms with van der Waals surface area (Å²) in [5.74, 6) is 0.155. The van der Waals surface area contributed by atoms with Crippen LogP contribution < -0.4 is 4.90 Å². The van der Waals surface area contributed by atoms with Crippen LogP contribution in [0.3, 0.4) is 0 Å². The van der Waals surface area contributed by atoms with E-state index >= 15 is 0 Å².